The predicted molar refractivity (Wildman–Crippen MR) is 49.0 cm³/mol. The fraction of sp³-hybridized carbons (Fsp3) is 1.00. The van der Waals surface area contributed by atoms with Gasteiger partial charge >= 0.3 is 0 Å². The fourth-order valence-electron chi connectivity index (χ4n) is 2.53. The third-order valence-electron chi connectivity index (χ3n) is 3.31. The maximum atomic E-state index is 9.62. The summed E-state index contributed by atoms with van der Waals surface area (Å²) in [6, 6.07) is 0. The van der Waals surface area contributed by atoms with E-state index in [0.29, 0.717) is 5.92 Å². The van der Waals surface area contributed by atoms with Crippen LogP contribution in [0, 0.1) is 5.92 Å². The van der Waals surface area contributed by atoms with Gasteiger partial charge in [-0.15, -0.1) is 0 Å². The van der Waals surface area contributed by atoms with E-state index in [1.165, 1.54) is 38.8 Å². The van der Waals surface area contributed by atoms with E-state index in [0.717, 1.165) is 13.0 Å². The molecule has 0 aromatic rings. The average Bonchev–Trinajstić information content (AvgIpc) is 2.65. The molecule has 0 spiro atoms. The Balaban J connectivity index is 1.77. The lowest BCUT2D eigenvalue weighted by Crippen LogP contribution is -2.30. The number of aliphatic hydroxyl groups is 1. The lowest BCUT2D eigenvalue weighted by atomic mass is 10.1. The fourth-order valence-corrected chi connectivity index (χ4v) is 2.53. The molecule has 2 unspecified atom stereocenters. The number of rotatable bonds is 2. The van der Waals surface area contributed by atoms with Crippen LogP contribution in [0.5, 0.6) is 0 Å². The van der Waals surface area contributed by atoms with E-state index >= 15 is 0 Å². The second-order valence-electron chi connectivity index (χ2n) is 4.27. The van der Waals surface area contributed by atoms with Gasteiger partial charge < -0.3 is 10.0 Å². The lowest BCUT2D eigenvalue weighted by molar-refractivity contribution is 0.109. The highest BCUT2D eigenvalue weighted by Crippen LogP contribution is 2.27. The molecule has 0 aromatic carbocycles. The summed E-state index contributed by atoms with van der Waals surface area (Å²) in [7, 11) is 0. The smallest absolute Gasteiger partial charge is 0.0580 e. The summed E-state index contributed by atoms with van der Waals surface area (Å²) in [5.74, 6) is 0.586. The van der Waals surface area contributed by atoms with Gasteiger partial charge in [0.25, 0.3) is 0 Å². The van der Waals surface area contributed by atoms with E-state index < -0.39 is 0 Å². The van der Waals surface area contributed by atoms with Crippen molar-refractivity contribution in [1.82, 2.24) is 4.90 Å². The molecule has 2 fully saturated rings. The van der Waals surface area contributed by atoms with Crippen LogP contribution in [0.3, 0.4) is 0 Å². The van der Waals surface area contributed by atoms with Gasteiger partial charge in [-0.3, -0.25) is 0 Å². The third-order valence-corrected chi connectivity index (χ3v) is 3.31. The van der Waals surface area contributed by atoms with Gasteiger partial charge in [0.15, 0.2) is 0 Å². The molecular weight excluding hydrogens is 150 g/mol. The molecule has 2 heteroatoms. The summed E-state index contributed by atoms with van der Waals surface area (Å²) < 4.78 is 0. The summed E-state index contributed by atoms with van der Waals surface area (Å²) in [6.07, 6.45) is 6.26. The van der Waals surface area contributed by atoms with Gasteiger partial charge in [-0.05, 0) is 44.7 Å². The van der Waals surface area contributed by atoms with E-state index in [9.17, 15) is 5.11 Å². The molecule has 1 N–H and O–H groups in total. The predicted octanol–water partition coefficient (Wildman–Crippen LogP) is 1.24. The van der Waals surface area contributed by atoms with Crippen LogP contribution in [0.25, 0.3) is 0 Å². The van der Waals surface area contributed by atoms with Crippen molar-refractivity contribution < 1.29 is 5.11 Å². The van der Waals surface area contributed by atoms with Crippen molar-refractivity contribution in [2.24, 2.45) is 5.92 Å². The third kappa shape index (κ3) is 1.80. The van der Waals surface area contributed by atoms with Crippen LogP contribution in [0.1, 0.15) is 32.1 Å². The first-order chi connectivity index (χ1) is 5.86. The van der Waals surface area contributed by atoms with E-state index in [-0.39, 0.29) is 6.10 Å². The topological polar surface area (TPSA) is 23.5 Å². The molecule has 0 amide bonds. The van der Waals surface area contributed by atoms with Crippen LogP contribution < -0.4 is 0 Å². The van der Waals surface area contributed by atoms with Crippen molar-refractivity contribution in [1.29, 1.82) is 0 Å². The Morgan fingerprint density at radius 3 is 2.42 bits per heavy atom. The van der Waals surface area contributed by atoms with Crippen molar-refractivity contribution in [2.45, 2.75) is 38.2 Å². The minimum absolute atomic E-state index is 0.00519. The Bertz CT molecular complexity index is 143. The highest BCUT2D eigenvalue weighted by molar-refractivity contribution is 4.80. The molecular formula is C10H19NO. The van der Waals surface area contributed by atoms with Crippen LogP contribution in [-0.4, -0.2) is 35.7 Å². The molecule has 1 saturated carbocycles. The maximum absolute atomic E-state index is 9.62. The monoisotopic (exact) mass is 169 g/mol. The average molecular weight is 169 g/mol. The van der Waals surface area contributed by atoms with Gasteiger partial charge in [0.1, 0.15) is 0 Å². The van der Waals surface area contributed by atoms with Crippen molar-refractivity contribution in [2.75, 3.05) is 19.6 Å². The molecule has 2 nitrogen and oxygen atoms in total. The normalized spacial score (nSPS) is 37.8. The molecule has 1 saturated heterocycles. The number of likely N-dealkylation sites (tertiary alicyclic amines) is 1. The molecule has 2 rings (SSSR count). The molecule has 1 aliphatic heterocycles. The first kappa shape index (κ1) is 8.52. The van der Waals surface area contributed by atoms with Crippen LogP contribution in [0.4, 0.5) is 0 Å². The zero-order valence-corrected chi connectivity index (χ0v) is 7.71. The van der Waals surface area contributed by atoms with E-state index in [1.807, 2.05) is 0 Å². The molecule has 2 atom stereocenters. The lowest BCUT2D eigenvalue weighted by Gasteiger charge is -2.21. The number of nitrogens with zero attached hydrogens (tertiary/aromatic N) is 1. The Morgan fingerprint density at radius 2 is 1.83 bits per heavy atom. The summed E-state index contributed by atoms with van der Waals surface area (Å²) in [4.78, 5) is 2.51. The molecule has 0 radical (unpaired) electrons. The van der Waals surface area contributed by atoms with Crippen LogP contribution >= 0.6 is 0 Å². The zero-order chi connectivity index (χ0) is 8.39. The summed E-state index contributed by atoms with van der Waals surface area (Å²) in [5.41, 5.74) is 0. The minimum atomic E-state index is 0.00519. The molecule has 12 heavy (non-hydrogen) atoms. The molecule has 1 aliphatic carbocycles. The van der Waals surface area contributed by atoms with Crippen molar-refractivity contribution in [3.8, 4) is 0 Å². The number of aliphatic hydroxyl groups excluding tert-OH is 1. The van der Waals surface area contributed by atoms with Gasteiger partial charge in [0.05, 0.1) is 6.10 Å². The van der Waals surface area contributed by atoms with Crippen LogP contribution in [0.2, 0.25) is 0 Å². The Labute approximate surface area is 74.6 Å². The highest BCUT2D eigenvalue weighted by Gasteiger charge is 2.27. The number of hydrogen-bond acceptors (Lipinski definition) is 2. The van der Waals surface area contributed by atoms with Crippen molar-refractivity contribution in [3.05, 3.63) is 0 Å². The first-order valence-corrected chi connectivity index (χ1v) is 5.26. The van der Waals surface area contributed by atoms with Gasteiger partial charge in [0.2, 0.25) is 0 Å². The molecule has 0 bridgehead atoms. The first-order valence-electron chi connectivity index (χ1n) is 5.26. The van der Waals surface area contributed by atoms with Crippen LogP contribution in [-0.2, 0) is 0 Å². The summed E-state index contributed by atoms with van der Waals surface area (Å²) in [6.45, 7) is 3.69. The van der Waals surface area contributed by atoms with E-state index in [2.05, 4.69) is 4.90 Å². The van der Waals surface area contributed by atoms with E-state index in [4.69, 9.17) is 0 Å². The summed E-state index contributed by atoms with van der Waals surface area (Å²) in [5, 5.41) is 9.62. The maximum Gasteiger partial charge on any atom is 0.0580 e. The Morgan fingerprint density at radius 1 is 1.08 bits per heavy atom. The molecule has 2 aliphatic rings. The second kappa shape index (κ2) is 3.75. The van der Waals surface area contributed by atoms with Gasteiger partial charge in [0, 0.05) is 6.54 Å². The Kier molecular flexibility index (Phi) is 2.66. The quantitative estimate of drug-likeness (QED) is 0.672. The Hall–Kier alpha value is -0.0800. The minimum Gasteiger partial charge on any atom is -0.393 e. The summed E-state index contributed by atoms with van der Waals surface area (Å²) >= 11 is 0. The standard InChI is InChI=1S/C10H19NO/c12-10-5-3-4-9(10)8-11-6-1-2-7-11/h9-10,12H,1-8H2. The van der Waals surface area contributed by atoms with Gasteiger partial charge in [-0.2, -0.15) is 0 Å². The van der Waals surface area contributed by atoms with Crippen molar-refractivity contribution in [3.63, 3.8) is 0 Å². The molecule has 1 heterocycles. The molecule has 70 valence electrons. The van der Waals surface area contributed by atoms with Gasteiger partial charge in [-0.25, -0.2) is 0 Å². The van der Waals surface area contributed by atoms with Gasteiger partial charge in [-0.1, -0.05) is 6.42 Å². The van der Waals surface area contributed by atoms with E-state index in [1.54, 1.807) is 0 Å². The zero-order valence-electron chi connectivity index (χ0n) is 7.71. The van der Waals surface area contributed by atoms with Crippen LogP contribution in [0.15, 0.2) is 0 Å². The van der Waals surface area contributed by atoms with Crippen molar-refractivity contribution >= 4 is 0 Å². The largest absolute Gasteiger partial charge is 0.393 e. The SMILES string of the molecule is OC1CCCC1CN1CCCC1. The highest BCUT2D eigenvalue weighted by atomic mass is 16.3. The second-order valence-corrected chi connectivity index (χ2v) is 4.27. The number of hydrogen-bond donors (Lipinski definition) is 1. The molecule has 0 aromatic heterocycles.